The number of allylic oxidation sites excluding steroid dienone is 1. The number of rotatable bonds is 22. The Hall–Kier alpha value is -5.99. The third-order valence-electron chi connectivity index (χ3n) is 13.3. The molecular weight excluding hydrogens is 867 g/mol. The maximum absolute atomic E-state index is 14.9. The zero-order chi connectivity index (χ0) is 46.8. The van der Waals surface area contributed by atoms with Crippen molar-refractivity contribution in [2.75, 3.05) is 39.2 Å². The average Bonchev–Trinajstić information content (AvgIpc) is 3.35. The molecule has 1 heterocycles. The van der Waals surface area contributed by atoms with Gasteiger partial charge in [-0.2, -0.15) is 0 Å². The third kappa shape index (κ3) is 10.6. The number of oxime groups is 1. The van der Waals surface area contributed by atoms with Gasteiger partial charge in [-0.25, -0.2) is 0 Å². The van der Waals surface area contributed by atoms with Crippen LogP contribution < -0.4 is 9.47 Å². The van der Waals surface area contributed by atoms with Gasteiger partial charge >= 0.3 is 0 Å². The topological polar surface area (TPSA) is 153 Å². The van der Waals surface area contributed by atoms with Crippen molar-refractivity contribution in [1.29, 1.82) is 0 Å². The van der Waals surface area contributed by atoms with Crippen LogP contribution >= 0.6 is 11.8 Å². The molecular formula is C54H59N3O9S. The highest BCUT2D eigenvalue weighted by Gasteiger charge is 2.65. The Balaban J connectivity index is 1.25. The van der Waals surface area contributed by atoms with Crippen molar-refractivity contribution in [1.82, 2.24) is 4.90 Å². The number of nitro benzene ring substituents is 1. The molecule has 5 aromatic rings. The molecule has 0 aromatic heterocycles. The van der Waals surface area contributed by atoms with Crippen LogP contribution in [0.1, 0.15) is 72.3 Å². The van der Waals surface area contributed by atoms with Crippen LogP contribution in [-0.4, -0.2) is 82.7 Å². The van der Waals surface area contributed by atoms with E-state index >= 15 is 0 Å². The molecule has 3 aliphatic rings. The number of aliphatic hydroxyl groups is 2. The van der Waals surface area contributed by atoms with Gasteiger partial charge in [0.2, 0.25) is 5.79 Å². The largest absolute Gasteiger partial charge is 0.493 e. The number of benzene rings is 5. The minimum absolute atomic E-state index is 0.0171. The maximum Gasteiger partial charge on any atom is 0.269 e. The van der Waals surface area contributed by atoms with E-state index in [1.165, 1.54) is 17.0 Å². The zero-order valence-corrected chi connectivity index (χ0v) is 38.7. The fourth-order valence-corrected chi connectivity index (χ4v) is 11.0. The lowest BCUT2D eigenvalue weighted by Gasteiger charge is -2.59. The van der Waals surface area contributed by atoms with E-state index in [9.17, 15) is 25.1 Å². The number of hydrogen-bond donors (Lipinski definition) is 2. The standard InChI is InChI=1S/C54H59N3O9S/c1-3-29-64-54-50(56(2)53(60)41-22-21-38-13-7-8-14-39(38)32-41)35-48(55-65-36-37-19-23-42(24-20-37)57(61)62)46-33-40(15-9-11-27-58)45(18-10-12-28-59)51(52(46)54)47-34-43(25-26-49(47)66-54)63-30-31-67-44-16-5-4-6-17-44/h3-8,13-14,16-17,19-26,32-34,40,45,50-52,58-59H,1,9-12,15,18,27-31,35-36H2,2H3/t40-,45+,50-,51+,52+,54+/m0/s1. The van der Waals surface area contributed by atoms with Gasteiger partial charge in [-0.15, -0.1) is 18.3 Å². The molecule has 0 unspecified atom stereocenters. The molecule has 0 saturated heterocycles. The van der Waals surface area contributed by atoms with Gasteiger partial charge in [0.25, 0.3) is 11.6 Å². The van der Waals surface area contributed by atoms with Crippen LogP contribution in [0.3, 0.4) is 0 Å². The van der Waals surface area contributed by atoms with Crippen LogP contribution in [0, 0.1) is 27.9 Å². The summed E-state index contributed by atoms with van der Waals surface area (Å²) in [4.78, 5) is 35.0. The molecule has 67 heavy (non-hydrogen) atoms. The van der Waals surface area contributed by atoms with Crippen LogP contribution in [0.4, 0.5) is 5.69 Å². The predicted octanol–water partition coefficient (Wildman–Crippen LogP) is 10.5. The van der Waals surface area contributed by atoms with E-state index in [0.29, 0.717) is 47.8 Å². The summed E-state index contributed by atoms with van der Waals surface area (Å²) in [6, 6.07) is 35.4. The number of likely N-dealkylation sites (N-methyl/N-ethyl adjacent to an activating group) is 1. The molecule has 1 aliphatic heterocycles. The number of thioether (sulfide) groups is 1. The van der Waals surface area contributed by atoms with Crippen LogP contribution in [0.15, 0.2) is 150 Å². The molecule has 2 N–H and O–H groups in total. The highest BCUT2D eigenvalue weighted by Crippen LogP contribution is 2.62. The van der Waals surface area contributed by atoms with E-state index in [-0.39, 0.29) is 62.2 Å². The minimum Gasteiger partial charge on any atom is -0.493 e. The molecule has 350 valence electrons. The molecule has 0 bridgehead atoms. The number of carbonyl (C=O) groups excluding carboxylic acids is 1. The van der Waals surface area contributed by atoms with Crippen LogP contribution in [-0.2, 0) is 16.2 Å². The molecule has 12 nitrogen and oxygen atoms in total. The number of hydrogen-bond acceptors (Lipinski definition) is 11. The molecule has 6 atom stereocenters. The molecule has 5 aromatic carbocycles. The predicted molar refractivity (Wildman–Crippen MR) is 262 cm³/mol. The number of unbranched alkanes of at least 4 members (excludes halogenated alkanes) is 2. The molecule has 1 fully saturated rings. The van der Waals surface area contributed by atoms with Gasteiger partial charge in [0.15, 0.2) is 0 Å². The quantitative estimate of drug-likeness (QED) is 0.0225. The Labute approximate surface area is 396 Å². The first-order chi connectivity index (χ1) is 32.7. The number of nitro groups is 1. The first-order valence-electron chi connectivity index (χ1n) is 23.2. The number of amides is 1. The SMILES string of the molecule is C=CCO[C@@]12Oc3ccc(OCCSc4ccccc4)cc3[C@H]3[C@H](CCCCO)[C@@H](CCCCO)C=C(C(=NOCc4ccc([N+](=O)[O-])cc4)C[C@@H]1N(C)C(=O)c1ccc4ccccc4c1)[C@H]32. The minimum atomic E-state index is -1.42. The maximum atomic E-state index is 14.9. The molecule has 13 heteroatoms. The molecule has 0 spiro atoms. The van der Waals surface area contributed by atoms with E-state index < -0.39 is 22.7 Å². The van der Waals surface area contributed by atoms with Crippen molar-refractivity contribution >= 4 is 39.8 Å². The summed E-state index contributed by atoms with van der Waals surface area (Å²) < 4.78 is 20.9. The van der Waals surface area contributed by atoms with Gasteiger partial charge in [-0.1, -0.05) is 78.7 Å². The Morgan fingerprint density at radius 1 is 0.940 bits per heavy atom. The highest BCUT2D eigenvalue weighted by molar-refractivity contribution is 7.99. The van der Waals surface area contributed by atoms with E-state index in [4.69, 9.17) is 24.2 Å². The summed E-state index contributed by atoms with van der Waals surface area (Å²) in [5.74, 6) is -0.147. The van der Waals surface area contributed by atoms with Crippen LogP contribution in [0.5, 0.6) is 11.5 Å². The van der Waals surface area contributed by atoms with E-state index in [1.54, 1.807) is 41.9 Å². The second-order valence-corrected chi connectivity index (χ2v) is 18.6. The van der Waals surface area contributed by atoms with Crippen molar-refractivity contribution < 1.29 is 39.0 Å². The third-order valence-corrected chi connectivity index (χ3v) is 14.3. The number of non-ortho nitro benzene ring substituents is 1. The van der Waals surface area contributed by atoms with Crippen LogP contribution in [0.25, 0.3) is 10.8 Å². The normalized spacial score (nSPS) is 22.2. The monoisotopic (exact) mass is 925 g/mol. The summed E-state index contributed by atoms with van der Waals surface area (Å²) in [6.07, 6.45) is 8.72. The summed E-state index contributed by atoms with van der Waals surface area (Å²) in [6.45, 7) is 4.89. The van der Waals surface area contributed by atoms with Crippen molar-refractivity contribution in [3.8, 4) is 11.5 Å². The second-order valence-electron chi connectivity index (χ2n) is 17.5. The van der Waals surface area contributed by atoms with Gasteiger partial charge in [-0.3, -0.25) is 14.9 Å². The van der Waals surface area contributed by atoms with Gasteiger partial charge < -0.3 is 34.2 Å². The lowest BCUT2D eigenvalue weighted by molar-refractivity contribution is -0.384. The first-order valence-corrected chi connectivity index (χ1v) is 24.2. The molecule has 0 radical (unpaired) electrons. The number of nitrogens with zero attached hydrogens (tertiary/aromatic N) is 3. The summed E-state index contributed by atoms with van der Waals surface area (Å²) in [5.41, 5.74) is 3.74. The van der Waals surface area contributed by atoms with Gasteiger partial charge in [0.1, 0.15) is 24.1 Å². The Morgan fingerprint density at radius 2 is 1.69 bits per heavy atom. The van der Waals surface area contributed by atoms with Crippen molar-refractivity contribution in [2.45, 2.75) is 74.2 Å². The van der Waals surface area contributed by atoms with Crippen molar-refractivity contribution in [3.63, 3.8) is 0 Å². The highest BCUT2D eigenvalue weighted by atomic mass is 32.2. The fourth-order valence-electron chi connectivity index (χ4n) is 10.2. The van der Waals surface area contributed by atoms with E-state index in [0.717, 1.165) is 53.3 Å². The van der Waals surface area contributed by atoms with Crippen molar-refractivity contribution in [3.05, 3.63) is 166 Å². The second kappa shape index (κ2) is 22.2. The Morgan fingerprint density at radius 3 is 2.43 bits per heavy atom. The molecule has 8 rings (SSSR count). The fraction of sp³-hybridized carbons (Fsp3) is 0.370. The number of ether oxygens (including phenoxy) is 3. The molecule has 2 aliphatic carbocycles. The van der Waals surface area contributed by atoms with Crippen LogP contribution in [0.2, 0.25) is 0 Å². The average molecular weight is 926 g/mol. The summed E-state index contributed by atoms with van der Waals surface area (Å²) in [5, 5.41) is 38.2. The smallest absolute Gasteiger partial charge is 0.269 e. The number of fused-ring (bicyclic) bond motifs is 3. The first kappa shape index (κ1) is 47.5. The van der Waals surface area contributed by atoms with Gasteiger partial charge in [0.05, 0.1) is 29.8 Å². The lowest BCUT2D eigenvalue weighted by Crippen LogP contribution is -2.69. The number of carbonyl (C=O) groups is 1. The van der Waals surface area contributed by atoms with Gasteiger partial charge in [0, 0.05) is 66.5 Å². The molecule has 1 amide bonds. The Kier molecular flexibility index (Phi) is 15.7. The van der Waals surface area contributed by atoms with Gasteiger partial charge in [-0.05, 0) is 114 Å². The van der Waals surface area contributed by atoms with Crippen molar-refractivity contribution in [2.24, 2.45) is 22.9 Å². The molecule has 1 saturated carbocycles. The summed E-state index contributed by atoms with van der Waals surface area (Å²) >= 11 is 1.73. The Bertz CT molecular complexity index is 2570. The number of aliphatic hydroxyl groups excluding tert-OH is 2. The van der Waals surface area contributed by atoms with E-state index in [2.05, 4.69) is 30.9 Å². The summed E-state index contributed by atoms with van der Waals surface area (Å²) in [7, 11) is 1.79. The van der Waals surface area contributed by atoms with E-state index in [1.807, 2.05) is 72.8 Å². The lowest BCUT2D eigenvalue weighted by atomic mass is 9.55. The zero-order valence-electron chi connectivity index (χ0n) is 37.9.